The van der Waals surface area contributed by atoms with Gasteiger partial charge in [-0.25, -0.2) is 0 Å². The summed E-state index contributed by atoms with van der Waals surface area (Å²) in [6.45, 7) is 3.33. The lowest BCUT2D eigenvalue weighted by atomic mass is 9.98. The molecule has 3 aliphatic heterocycles. The highest BCUT2D eigenvalue weighted by Crippen LogP contribution is 2.35. The largest absolute Gasteiger partial charge is 0.376 e. The highest BCUT2D eigenvalue weighted by molar-refractivity contribution is 4.97. The number of nitrogens with two attached hydrogens (primary N) is 1. The molecule has 16 heavy (non-hydrogen) atoms. The number of ether oxygens (including phenoxy) is 2. The molecule has 0 aromatic carbocycles. The molecule has 3 fully saturated rings. The Bertz CT molecular complexity index is 229. The van der Waals surface area contributed by atoms with Gasteiger partial charge in [0.25, 0.3) is 0 Å². The van der Waals surface area contributed by atoms with Gasteiger partial charge in [-0.15, -0.1) is 0 Å². The maximum Gasteiger partial charge on any atom is 0.0936 e. The minimum Gasteiger partial charge on any atom is -0.376 e. The highest BCUT2D eigenvalue weighted by atomic mass is 16.6. The van der Waals surface area contributed by atoms with Gasteiger partial charge in [0, 0.05) is 24.7 Å². The van der Waals surface area contributed by atoms with Gasteiger partial charge in [0.05, 0.1) is 25.9 Å². The molecular weight excluding hydrogens is 204 g/mol. The Kier molecular flexibility index (Phi) is 3.16. The van der Waals surface area contributed by atoms with E-state index >= 15 is 0 Å². The van der Waals surface area contributed by atoms with Crippen LogP contribution in [0.3, 0.4) is 0 Å². The van der Waals surface area contributed by atoms with E-state index in [1.165, 1.54) is 25.7 Å². The molecule has 3 unspecified atom stereocenters. The molecule has 2 bridgehead atoms. The Labute approximate surface area is 97.1 Å². The van der Waals surface area contributed by atoms with Crippen molar-refractivity contribution in [3.63, 3.8) is 0 Å². The van der Waals surface area contributed by atoms with Crippen molar-refractivity contribution in [2.75, 3.05) is 26.4 Å². The van der Waals surface area contributed by atoms with Crippen LogP contribution >= 0.6 is 0 Å². The van der Waals surface area contributed by atoms with Crippen molar-refractivity contribution in [2.24, 2.45) is 5.73 Å². The van der Waals surface area contributed by atoms with Crippen LogP contribution in [0.1, 0.15) is 25.7 Å². The fourth-order valence-electron chi connectivity index (χ4n) is 3.49. The molecule has 0 radical (unpaired) electrons. The van der Waals surface area contributed by atoms with Crippen LogP contribution in [-0.2, 0) is 9.47 Å². The second kappa shape index (κ2) is 4.61. The second-order valence-corrected chi connectivity index (χ2v) is 5.38. The molecule has 0 amide bonds. The van der Waals surface area contributed by atoms with Crippen molar-refractivity contribution in [1.29, 1.82) is 0 Å². The number of rotatable bonds is 2. The van der Waals surface area contributed by atoms with E-state index in [4.69, 9.17) is 15.2 Å². The fraction of sp³-hybridized carbons (Fsp3) is 1.00. The summed E-state index contributed by atoms with van der Waals surface area (Å²) < 4.78 is 11.2. The van der Waals surface area contributed by atoms with Crippen molar-refractivity contribution in [1.82, 2.24) is 4.90 Å². The van der Waals surface area contributed by atoms with Gasteiger partial charge in [-0.2, -0.15) is 0 Å². The van der Waals surface area contributed by atoms with Gasteiger partial charge in [-0.1, -0.05) is 0 Å². The summed E-state index contributed by atoms with van der Waals surface area (Å²) in [5, 5.41) is 0. The first-order valence-electron chi connectivity index (χ1n) is 6.53. The van der Waals surface area contributed by atoms with Crippen molar-refractivity contribution >= 4 is 0 Å². The van der Waals surface area contributed by atoms with Crippen LogP contribution in [0.5, 0.6) is 0 Å². The van der Waals surface area contributed by atoms with E-state index in [0.717, 1.165) is 26.4 Å². The molecule has 3 heterocycles. The topological polar surface area (TPSA) is 47.7 Å². The summed E-state index contributed by atoms with van der Waals surface area (Å²) in [5.74, 6) is 0. The predicted molar refractivity (Wildman–Crippen MR) is 61.3 cm³/mol. The van der Waals surface area contributed by atoms with Gasteiger partial charge in [-0.3, -0.25) is 4.90 Å². The average Bonchev–Trinajstić information content (AvgIpc) is 2.54. The van der Waals surface area contributed by atoms with Crippen LogP contribution in [-0.4, -0.2) is 55.5 Å². The van der Waals surface area contributed by atoms with E-state index in [2.05, 4.69) is 4.90 Å². The monoisotopic (exact) mass is 226 g/mol. The molecule has 3 rings (SSSR count). The number of hydrogen-bond donors (Lipinski definition) is 1. The average molecular weight is 226 g/mol. The third-order valence-corrected chi connectivity index (χ3v) is 4.22. The summed E-state index contributed by atoms with van der Waals surface area (Å²) in [5.41, 5.74) is 6.07. The minimum absolute atomic E-state index is 0.283. The number of fused-ring (bicyclic) bond motifs is 2. The summed E-state index contributed by atoms with van der Waals surface area (Å²) >= 11 is 0. The Morgan fingerprint density at radius 3 is 2.50 bits per heavy atom. The van der Waals surface area contributed by atoms with Gasteiger partial charge in [0.1, 0.15) is 0 Å². The van der Waals surface area contributed by atoms with Gasteiger partial charge < -0.3 is 15.2 Å². The molecule has 3 atom stereocenters. The maximum absolute atomic E-state index is 6.07. The van der Waals surface area contributed by atoms with Crippen LogP contribution in [0.4, 0.5) is 0 Å². The van der Waals surface area contributed by atoms with Crippen LogP contribution in [0, 0.1) is 0 Å². The zero-order valence-corrected chi connectivity index (χ0v) is 9.81. The molecule has 2 N–H and O–H groups in total. The van der Waals surface area contributed by atoms with Gasteiger partial charge >= 0.3 is 0 Å². The molecule has 0 spiro atoms. The Hall–Kier alpha value is -0.160. The lowest BCUT2D eigenvalue weighted by Gasteiger charge is -2.40. The zero-order valence-electron chi connectivity index (χ0n) is 9.81. The molecule has 0 aromatic heterocycles. The third-order valence-electron chi connectivity index (χ3n) is 4.22. The SMILES string of the molecule is NC1CC2CCC(C1)N2CC1COCCO1. The normalized spacial score (nSPS) is 44.8. The van der Waals surface area contributed by atoms with E-state index in [-0.39, 0.29) is 6.10 Å². The summed E-state index contributed by atoms with van der Waals surface area (Å²) in [6.07, 6.45) is 5.28. The van der Waals surface area contributed by atoms with Gasteiger partial charge in [0.2, 0.25) is 0 Å². The predicted octanol–water partition coefficient (Wildman–Crippen LogP) is 0.356. The third kappa shape index (κ3) is 2.12. The molecule has 0 saturated carbocycles. The van der Waals surface area contributed by atoms with Crippen molar-refractivity contribution in [2.45, 2.75) is 49.9 Å². The van der Waals surface area contributed by atoms with Crippen LogP contribution in [0.2, 0.25) is 0 Å². The minimum atomic E-state index is 0.283. The van der Waals surface area contributed by atoms with E-state index in [1.54, 1.807) is 0 Å². The number of hydrogen-bond acceptors (Lipinski definition) is 4. The van der Waals surface area contributed by atoms with Crippen LogP contribution in [0.15, 0.2) is 0 Å². The molecular formula is C12H22N2O2. The molecule has 92 valence electrons. The lowest BCUT2D eigenvalue weighted by Crippen LogP contribution is -2.51. The smallest absolute Gasteiger partial charge is 0.0936 e. The first-order chi connectivity index (χ1) is 7.83. The van der Waals surface area contributed by atoms with E-state index in [1.807, 2.05) is 0 Å². The highest BCUT2D eigenvalue weighted by Gasteiger charge is 2.40. The van der Waals surface area contributed by atoms with Gasteiger partial charge in [-0.05, 0) is 25.7 Å². The maximum atomic E-state index is 6.07. The molecule has 0 aliphatic carbocycles. The Morgan fingerprint density at radius 1 is 1.12 bits per heavy atom. The summed E-state index contributed by atoms with van der Waals surface area (Å²) in [6, 6.07) is 1.84. The fourth-order valence-corrected chi connectivity index (χ4v) is 3.49. The molecule has 4 heteroatoms. The first-order valence-corrected chi connectivity index (χ1v) is 6.53. The zero-order chi connectivity index (χ0) is 11.0. The van der Waals surface area contributed by atoms with Crippen LogP contribution < -0.4 is 5.73 Å². The Balaban J connectivity index is 1.58. The van der Waals surface area contributed by atoms with E-state index < -0.39 is 0 Å². The van der Waals surface area contributed by atoms with Crippen molar-refractivity contribution < 1.29 is 9.47 Å². The molecule has 0 aromatic rings. The standard InChI is InChI=1S/C12H22N2O2/c13-9-5-10-1-2-11(6-9)14(10)7-12-8-15-3-4-16-12/h9-12H,1-8,13H2. The first kappa shape index (κ1) is 11.0. The molecule has 4 nitrogen and oxygen atoms in total. The van der Waals surface area contributed by atoms with Crippen molar-refractivity contribution in [3.8, 4) is 0 Å². The lowest BCUT2D eigenvalue weighted by molar-refractivity contribution is -0.104. The number of nitrogens with zero attached hydrogens (tertiary/aromatic N) is 1. The molecule has 3 aliphatic rings. The van der Waals surface area contributed by atoms with E-state index in [9.17, 15) is 0 Å². The molecule has 3 saturated heterocycles. The van der Waals surface area contributed by atoms with Crippen molar-refractivity contribution in [3.05, 3.63) is 0 Å². The summed E-state index contributed by atoms with van der Waals surface area (Å²) in [4.78, 5) is 2.63. The number of piperidine rings is 1. The van der Waals surface area contributed by atoms with Gasteiger partial charge in [0.15, 0.2) is 0 Å². The Morgan fingerprint density at radius 2 is 1.88 bits per heavy atom. The quantitative estimate of drug-likeness (QED) is 0.738. The second-order valence-electron chi connectivity index (χ2n) is 5.38. The van der Waals surface area contributed by atoms with Crippen LogP contribution in [0.25, 0.3) is 0 Å². The van der Waals surface area contributed by atoms with E-state index in [0.29, 0.717) is 18.1 Å². The summed E-state index contributed by atoms with van der Waals surface area (Å²) in [7, 11) is 0.